The van der Waals surface area contributed by atoms with Gasteiger partial charge in [0.1, 0.15) is 0 Å². The fourth-order valence-electron chi connectivity index (χ4n) is 2.18. The largest absolute Gasteiger partial charge is 0.481 e. The highest BCUT2D eigenvalue weighted by molar-refractivity contribution is 14.1. The van der Waals surface area contributed by atoms with Crippen LogP contribution in [0, 0.1) is 0 Å². The van der Waals surface area contributed by atoms with Gasteiger partial charge in [-0.3, -0.25) is 19.2 Å². The van der Waals surface area contributed by atoms with Gasteiger partial charge < -0.3 is 10.2 Å². The Hall–Kier alpha value is -2.50. The topological polar surface area (TPSA) is 107 Å². The average molecular weight is 484 g/mol. The summed E-state index contributed by atoms with van der Waals surface area (Å²) in [6.07, 6.45) is -0.744. The van der Waals surface area contributed by atoms with Crippen molar-refractivity contribution in [3.63, 3.8) is 0 Å². The number of hydroxylamine groups is 1. The third-order valence-electron chi connectivity index (χ3n) is 3.49. The summed E-state index contributed by atoms with van der Waals surface area (Å²) in [5.74, 6) is -3.29. The molecule has 2 N–H and O–H groups in total. The monoisotopic (exact) mass is 484 g/mol. The normalized spacial score (nSPS) is 11.8. The summed E-state index contributed by atoms with van der Waals surface area (Å²) in [6.45, 7) is -0.0359. The van der Waals surface area contributed by atoms with E-state index in [1.54, 1.807) is 77.5 Å². The summed E-state index contributed by atoms with van der Waals surface area (Å²) >= 11 is 1.60. The summed E-state index contributed by atoms with van der Waals surface area (Å²) in [5, 5.41) is 19.3. The van der Waals surface area contributed by atoms with Crippen molar-refractivity contribution in [3.8, 4) is 0 Å². The maximum Gasteiger partial charge on any atom is 0.326 e. The van der Waals surface area contributed by atoms with Gasteiger partial charge >= 0.3 is 11.9 Å². The van der Waals surface area contributed by atoms with Crippen LogP contribution in [0.3, 0.4) is 0 Å². The summed E-state index contributed by atoms with van der Waals surface area (Å²) in [4.78, 5) is 40.9. The predicted molar refractivity (Wildman–Crippen MR) is 103 cm³/mol. The molecule has 0 aliphatic rings. The van der Waals surface area contributed by atoms with E-state index in [1.165, 1.54) is 0 Å². The molecule has 0 heterocycles. The number of aliphatic carboxylic acids is 2. The van der Waals surface area contributed by atoms with Crippen LogP contribution in [-0.4, -0.2) is 42.5 Å². The molecule has 0 fully saturated rings. The van der Waals surface area contributed by atoms with E-state index in [0.717, 1.165) is 14.0 Å². The van der Waals surface area contributed by atoms with E-state index in [4.69, 9.17) is 9.94 Å². The molecule has 0 aromatic heterocycles. The smallest absolute Gasteiger partial charge is 0.326 e. The first-order chi connectivity index (χ1) is 12.9. The molecule has 2 aromatic rings. The Morgan fingerprint density at radius 3 is 2.04 bits per heavy atom. The molecule has 27 heavy (non-hydrogen) atoms. The number of amides is 1. The minimum Gasteiger partial charge on any atom is -0.481 e. The molecule has 1 atom stereocenters. The van der Waals surface area contributed by atoms with Gasteiger partial charge in [-0.2, -0.15) is 3.22 Å². The number of hydrazine groups is 1. The van der Waals surface area contributed by atoms with E-state index in [2.05, 4.69) is 0 Å². The van der Waals surface area contributed by atoms with E-state index < -0.39 is 30.3 Å². The fraction of sp³-hybridized carbons (Fsp3) is 0.167. The van der Waals surface area contributed by atoms with Gasteiger partial charge in [0.05, 0.1) is 35.9 Å². The lowest BCUT2D eigenvalue weighted by molar-refractivity contribution is -0.258. The maximum absolute atomic E-state index is 12.7. The van der Waals surface area contributed by atoms with Crippen LogP contribution in [-0.2, 0) is 21.0 Å². The zero-order valence-corrected chi connectivity index (χ0v) is 16.2. The first-order valence-electron chi connectivity index (χ1n) is 7.86. The van der Waals surface area contributed by atoms with Gasteiger partial charge in [-0.05, 0) is 17.7 Å². The molecule has 0 aliphatic carbocycles. The van der Waals surface area contributed by atoms with Crippen LogP contribution in [0.4, 0.5) is 0 Å². The molecular formula is C18H17IN2O6. The highest BCUT2D eigenvalue weighted by atomic mass is 127. The number of halogens is 1. The molecule has 0 bridgehead atoms. The maximum atomic E-state index is 12.7. The average Bonchev–Trinajstić information content (AvgIpc) is 2.67. The van der Waals surface area contributed by atoms with Gasteiger partial charge in [0.15, 0.2) is 6.04 Å². The van der Waals surface area contributed by atoms with Crippen LogP contribution >= 0.6 is 22.9 Å². The van der Waals surface area contributed by atoms with Crippen molar-refractivity contribution >= 4 is 40.7 Å². The number of hydrogen-bond acceptors (Lipinski definition) is 5. The van der Waals surface area contributed by atoms with Crippen LogP contribution in [0.1, 0.15) is 22.3 Å². The number of carbonyl (C=O) groups excluding carboxylic acids is 1. The third-order valence-corrected chi connectivity index (χ3v) is 4.35. The molecule has 2 aromatic carbocycles. The molecule has 0 saturated carbocycles. The second kappa shape index (κ2) is 10.00. The van der Waals surface area contributed by atoms with Crippen LogP contribution in [0.15, 0.2) is 60.7 Å². The molecular weight excluding hydrogens is 467 g/mol. The molecule has 0 spiro atoms. The summed E-state index contributed by atoms with van der Waals surface area (Å²) in [6, 6.07) is 15.5. The standard InChI is InChI=1S/C18H17IN2O6/c19-20(17(24)14-9-5-2-6-10-14)21(15(18(25)26)11-16(22)23)27-12-13-7-3-1-4-8-13/h1-10,15H,11-12H2,(H,22,23)(H,25,26)/t15-/m0/s1. The van der Waals surface area contributed by atoms with Gasteiger partial charge in [-0.25, -0.2) is 0 Å². The Bertz CT molecular complexity index is 787. The first-order valence-corrected chi connectivity index (χ1v) is 8.82. The van der Waals surface area contributed by atoms with E-state index in [0.29, 0.717) is 5.56 Å². The van der Waals surface area contributed by atoms with E-state index in [1.807, 2.05) is 6.07 Å². The lowest BCUT2D eigenvalue weighted by atomic mass is 10.2. The summed E-state index contributed by atoms with van der Waals surface area (Å²) in [5.41, 5.74) is 1.04. The van der Waals surface area contributed by atoms with E-state index in [9.17, 15) is 19.5 Å². The number of carbonyl (C=O) groups is 3. The molecule has 2 rings (SSSR count). The highest BCUT2D eigenvalue weighted by Gasteiger charge is 2.35. The molecule has 0 unspecified atom stereocenters. The van der Waals surface area contributed by atoms with Gasteiger partial charge in [-0.15, -0.1) is 0 Å². The Morgan fingerprint density at radius 2 is 1.52 bits per heavy atom. The molecule has 8 nitrogen and oxygen atoms in total. The number of hydrogen-bond donors (Lipinski definition) is 2. The second-order valence-corrected chi connectivity index (χ2v) is 6.36. The Morgan fingerprint density at radius 1 is 0.963 bits per heavy atom. The van der Waals surface area contributed by atoms with Gasteiger partial charge in [-0.1, -0.05) is 53.7 Å². The van der Waals surface area contributed by atoms with Crippen molar-refractivity contribution in [1.82, 2.24) is 8.39 Å². The zero-order chi connectivity index (χ0) is 19.8. The second-order valence-electron chi connectivity index (χ2n) is 5.44. The lowest BCUT2D eigenvalue weighted by Crippen LogP contribution is -2.50. The summed E-state index contributed by atoms with van der Waals surface area (Å²) < 4.78 is 0.942. The quantitative estimate of drug-likeness (QED) is 0.320. The van der Waals surface area contributed by atoms with Crippen LogP contribution < -0.4 is 0 Å². The lowest BCUT2D eigenvalue weighted by Gasteiger charge is -2.32. The number of nitrogens with zero attached hydrogens (tertiary/aromatic N) is 2. The minimum atomic E-state index is -1.59. The zero-order valence-electron chi connectivity index (χ0n) is 14.1. The van der Waals surface area contributed by atoms with Crippen molar-refractivity contribution in [2.45, 2.75) is 19.1 Å². The number of carboxylic acids is 2. The van der Waals surface area contributed by atoms with Crippen LogP contribution in [0.2, 0.25) is 0 Å². The number of carboxylic acid groups (broad SMARTS) is 2. The Kier molecular flexibility index (Phi) is 7.70. The molecule has 0 aliphatic heterocycles. The first kappa shape index (κ1) is 20.8. The van der Waals surface area contributed by atoms with Crippen molar-refractivity contribution in [3.05, 3.63) is 71.8 Å². The fourth-order valence-corrected chi connectivity index (χ4v) is 2.88. The van der Waals surface area contributed by atoms with Gasteiger partial charge in [0.25, 0.3) is 5.91 Å². The van der Waals surface area contributed by atoms with Crippen LogP contribution in [0.5, 0.6) is 0 Å². The molecule has 9 heteroatoms. The Balaban J connectivity index is 2.27. The predicted octanol–water partition coefficient (Wildman–Crippen LogP) is 2.76. The van der Waals surface area contributed by atoms with E-state index >= 15 is 0 Å². The summed E-state index contributed by atoms with van der Waals surface area (Å²) in [7, 11) is 0. The Labute approximate surface area is 169 Å². The van der Waals surface area contributed by atoms with Crippen molar-refractivity contribution in [2.75, 3.05) is 0 Å². The number of rotatable bonds is 9. The SMILES string of the molecule is O=C(O)C[C@@H](C(=O)O)N(OCc1ccccc1)N(I)C(=O)c1ccccc1. The molecule has 0 radical (unpaired) electrons. The molecule has 0 saturated heterocycles. The van der Waals surface area contributed by atoms with Gasteiger partial charge in [0, 0.05) is 5.56 Å². The highest BCUT2D eigenvalue weighted by Crippen LogP contribution is 2.20. The molecule has 142 valence electrons. The van der Waals surface area contributed by atoms with Crippen LogP contribution in [0.25, 0.3) is 0 Å². The number of benzene rings is 2. The molecule has 1 amide bonds. The third kappa shape index (κ3) is 6.01. The van der Waals surface area contributed by atoms with Crippen molar-refractivity contribution in [2.24, 2.45) is 0 Å². The van der Waals surface area contributed by atoms with E-state index in [-0.39, 0.29) is 6.61 Å². The van der Waals surface area contributed by atoms with Gasteiger partial charge in [0.2, 0.25) is 0 Å². The van der Waals surface area contributed by atoms with Crippen molar-refractivity contribution in [1.29, 1.82) is 0 Å². The van der Waals surface area contributed by atoms with Crippen molar-refractivity contribution < 1.29 is 29.4 Å². The minimum absolute atomic E-state index is 0.0359.